The Hall–Kier alpha value is -0.410. The van der Waals surface area contributed by atoms with Crippen LogP contribution in [0.15, 0.2) is 0 Å². The fourth-order valence-electron chi connectivity index (χ4n) is 2.96. The van der Waals surface area contributed by atoms with Crippen LogP contribution < -0.4 is 0 Å². The van der Waals surface area contributed by atoms with E-state index in [1.54, 1.807) is 7.11 Å². The van der Waals surface area contributed by atoms with E-state index in [0.29, 0.717) is 31.3 Å². The van der Waals surface area contributed by atoms with Gasteiger partial charge in [0.05, 0.1) is 0 Å². The molecule has 1 saturated carbocycles. The molecule has 16 heavy (non-hydrogen) atoms. The quantitative estimate of drug-likeness (QED) is 0.738. The Kier molecular flexibility index (Phi) is 3.98. The van der Waals surface area contributed by atoms with Crippen LogP contribution in [0.4, 0.5) is 0 Å². The monoisotopic (exact) mass is 226 g/mol. The third-order valence-corrected chi connectivity index (χ3v) is 4.15. The van der Waals surface area contributed by atoms with E-state index in [-0.39, 0.29) is 0 Å². The first kappa shape index (κ1) is 12.1. The number of rotatable bonds is 4. The van der Waals surface area contributed by atoms with Gasteiger partial charge in [0.25, 0.3) is 0 Å². The predicted molar refractivity (Wildman–Crippen MR) is 61.4 cm³/mol. The average molecular weight is 226 g/mol. The largest absolute Gasteiger partial charge is 0.381 e. The SMILES string of the molecule is COC1(C(=O)CC2CCCC2)CCOCC1. The Morgan fingerprint density at radius 1 is 1.31 bits per heavy atom. The lowest BCUT2D eigenvalue weighted by Gasteiger charge is -2.35. The lowest BCUT2D eigenvalue weighted by Crippen LogP contribution is -2.46. The molecule has 1 heterocycles. The highest BCUT2D eigenvalue weighted by Gasteiger charge is 2.40. The minimum atomic E-state index is -0.527. The lowest BCUT2D eigenvalue weighted by molar-refractivity contribution is -0.153. The highest BCUT2D eigenvalue weighted by Crippen LogP contribution is 2.33. The molecule has 0 atom stereocenters. The van der Waals surface area contributed by atoms with E-state index < -0.39 is 5.60 Å². The minimum absolute atomic E-state index is 0.310. The molecule has 3 heteroatoms. The van der Waals surface area contributed by atoms with Crippen molar-refractivity contribution in [2.75, 3.05) is 20.3 Å². The van der Waals surface area contributed by atoms with Gasteiger partial charge in [0.1, 0.15) is 5.60 Å². The van der Waals surface area contributed by atoms with E-state index in [1.165, 1.54) is 25.7 Å². The molecule has 2 rings (SSSR count). The maximum Gasteiger partial charge on any atom is 0.165 e. The van der Waals surface area contributed by atoms with Crippen LogP contribution in [-0.2, 0) is 14.3 Å². The molecule has 2 aliphatic rings. The van der Waals surface area contributed by atoms with E-state index in [1.807, 2.05) is 0 Å². The number of methoxy groups -OCH3 is 1. The van der Waals surface area contributed by atoms with Gasteiger partial charge in [0.15, 0.2) is 5.78 Å². The summed E-state index contributed by atoms with van der Waals surface area (Å²) in [6, 6.07) is 0. The molecule has 1 aliphatic carbocycles. The summed E-state index contributed by atoms with van der Waals surface area (Å²) in [5.74, 6) is 0.924. The fourth-order valence-corrected chi connectivity index (χ4v) is 2.96. The highest BCUT2D eigenvalue weighted by molar-refractivity contribution is 5.87. The van der Waals surface area contributed by atoms with Crippen molar-refractivity contribution in [2.24, 2.45) is 5.92 Å². The first-order valence-electron chi connectivity index (χ1n) is 6.43. The van der Waals surface area contributed by atoms with Gasteiger partial charge in [-0.2, -0.15) is 0 Å². The Labute approximate surface area is 97.5 Å². The van der Waals surface area contributed by atoms with Gasteiger partial charge in [0.2, 0.25) is 0 Å². The zero-order valence-electron chi connectivity index (χ0n) is 10.2. The second-order valence-electron chi connectivity index (χ2n) is 5.09. The molecular formula is C13H22O3. The third-order valence-electron chi connectivity index (χ3n) is 4.15. The fraction of sp³-hybridized carbons (Fsp3) is 0.923. The van der Waals surface area contributed by atoms with Crippen LogP contribution in [0.2, 0.25) is 0 Å². The zero-order valence-corrected chi connectivity index (χ0v) is 10.2. The van der Waals surface area contributed by atoms with Crippen LogP contribution in [0.1, 0.15) is 44.9 Å². The number of hydrogen-bond acceptors (Lipinski definition) is 3. The van der Waals surface area contributed by atoms with Crippen LogP contribution >= 0.6 is 0 Å². The summed E-state index contributed by atoms with van der Waals surface area (Å²) < 4.78 is 10.8. The summed E-state index contributed by atoms with van der Waals surface area (Å²) in [4.78, 5) is 12.3. The highest BCUT2D eigenvalue weighted by atomic mass is 16.5. The van der Waals surface area contributed by atoms with Crippen molar-refractivity contribution >= 4 is 5.78 Å². The third kappa shape index (κ3) is 2.46. The summed E-state index contributed by atoms with van der Waals surface area (Å²) in [6.07, 6.45) is 7.21. The van der Waals surface area contributed by atoms with Crippen molar-refractivity contribution in [3.8, 4) is 0 Å². The standard InChI is InChI=1S/C13H22O3/c1-15-13(6-8-16-9-7-13)12(14)10-11-4-2-3-5-11/h11H,2-10H2,1H3. The maximum atomic E-state index is 12.3. The number of carbonyl (C=O) groups excluding carboxylic acids is 1. The summed E-state index contributed by atoms with van der Waals surface area (Å²) in [5.41, 5.74) is -0.527. The molecular weight excluding hydrogens is 204 g/mol. The van der Waals surface area contributed by atoms with Crippen molar-refractivity contribution in [1.29, 1.82) is 0 Å². The van der Waals surface area contributed by atoms with Crippen LogP contribution in [0.25, 0.3) is 0 Å². The van der Waals surface area contributed by atoms with Gasteiger partial charge in [0, 0.05) is 39.6 Å². The molecule has 0 aromatic heterocycles. The Balaban J connectivity index is 1.94. The molecule has 0 N–H and O–H groups in total. The number of Topliss-reactive ketones (excluding diaryl/α,β-unsaturated/α-hetero) is 1. The van der Waals surface area contributed by atoms with Crippen molar-refractivity contribution in [1.82, 2.24) is 0 Å². The Bertz CT molecular complexity index is 238. The molecule has 0 spiro atoms. The number of hydrogen-bond donors (Lipinski definition) is 0. The van der Waals surface area contributed by atoms with E-state index in [2.05, 4.69) is 0 Å². The van der Waals surface area contributed by atoms with Crippen molar-refractivity contribution in [2.45, 2.75) is 50.5 Å². The number of carbonyl (C=O) groups is 1. The second kappa shape index (κ2) is 5.28. The number of ketones is 1. The molecule has 2 fully saturated rings. The van der Waals surface area contributed by atoms with Gasteiger partial charge in [-0.05, 0) is 5.92 Å². The summed E-state index contributed by atoms with van der Waals surface area (Å²) in [7, 11) is 1.66. The van der Waals surface area contributed by atoms with Crippen LogP contribution in [-0.4, -0.2) is 31.7 Å². The Morgan fingerprint density at radius 2 is 1.94 bits per heavy atom. The van der Waals surface area contributed by atoms with Gasteiger partial charge in [-0.15, -0.1) is 0 Å². The number of ether oxygens (including phenoxy) is 2. The van der Waals surface area contributed by atoms with Gasteiger partial charge >= 0.3 is 0 Å². The molecule has 0 radical (unpaired) electrons. The molecule has 0 bridgehead atoms. The van der Waals surface area contributed by atoms with E-state index in [4.69, 9.17) is 9.47 Å². The molecule has 0 aromatic rings. The van der Waals surface area contributed by atoms with Crippen molar-refractivity contribution < 1.29 is 14.3 Å². The van der Waals surface area contributed by atoms with E-state index in [9.17, 15) is 4.79 Å². The smallest absolute Gasteiger partial charge is 0.165 e. The normalized spacial score (nSPS) is 25.8. The molecule has 3 nitrogen and oxygen atoms in total. The first-order chi connectivity index (χ1) is 7.77. The predicted octanol–water partition coefficient (Wildman–Crippen LogP) is 2.33. The summed E-state index contributed by atoms with van der Waals surface area (Å²) in [5, 5.41) is 0. The molecule has 0 aromatic carbocycles. The van der Waals surface area contributed by atoms with Crippen LogP contribution in [0.5, 0.6) is 0 Å². The van der Waals surface area contributed by atoms with Crippen LogP contribution in [0.3, 0.4) is 0 Å². The van der Waals surface area contributed by atoms with Crippen molar-refractivity contribution in [3.63, 3.8) is 0 Å². The van der Waals surface area contributed by atoms with Crippen LogP contribution in [0, 0.1) is 5.92 Å². The van der Waals surface area contributed by atoms with E-state index >= 15 is 0 Å². The second-order valence-corrected chi connectivity index (χ2v) is 5.09. The molecule has 1 saturated heterocycles. The van der Waals surface area contributed by atoms with E-state index in [0.717, 1.165) is 12.8 Å². The van der Waals surface area contributed by atoms with Gasteiger partial charge in [-0.3, -0.25) is 4.79 Å². The summed E-state index contributed by atoms with van der Waals surface area (Å²) in [6.45, 7) is 1.31. The molecule has 92 valence electrons. The Morgan fingerprint density at radius 3 is 2.50 bits per heavy atom. The van der Waals surface area contributed by atoms with Gasteiger partial charge < -0.3 is 9.47 Å². The minimum Gasteiger partial charge on any atom is -0.381 e. The molecule has 0 amide bonds. The van der Waals surface area contributed by atoms with Gasteiger partial charge in [-0.1, -0.05) is 25.7 Å². The van der Waals surface area contributed by atoms with Gasteiger partial charge in [-0.25, -0.2) is 0 Å². The first-order valence-corrected chi connectivity index (χ1v) is 6.43. The molecule has 0 unspecified atom stereocenters. The topological polar surface area (TPSA) is 35.5 Å². The average Bonchev–Trinajstić information content (AvgIpc) is 2.82. The summed E-state index contributed by atoms with van der Waals surface area (Å²) >= 11 is 0. The zero-order chi connectivity index (χ0) is 11.4. The van der Waals surface area contributed by atoms with Crippen molar-refractivity contribution in [3.05, 3.63) is 0 Å². The lowest BCUT2D eigenvalue weighted by atomic mass is 9.84. The molecule has 1 aliphatic heterocycles. The maximum absolute atomic E-state index is 12.3.